The Morgan fingerprint density at radius 3 is 1.45 bits per heavy atom. The number of ether oxygens (including phenoxy) is 3. The van der Waals surface area contributed by atoms with Crippen LogP contribution in [-0.2, 0) is 41.7 Å². The maximum absolute atomic E-state index is 12.2. The molecule has 33 heavy (non-hydrogen) atoms. The van der Waals surface area contributed by atoms with Crippen molar-refractivity contribution >= 4 is 17.9 Å². The Hall–Kier alpha value is -2.56. The topological polar surface area (TPSA) is 102 Å². The van der Waals surface area contributed by atoms with E-state index in [2.05, 4.69) is 0 Å². The second-order valence-electron chi connectivity index (χ2n) is 7.73. The molecule has 0 radical (unpaired) electrons. The smallest absolute Gasteiger partial charge is 0.320 e. The predicted molar refractivity (Wildman–Crippen MR) is 121 cm³/mol. The SMILES string of the molecule is CCOC(=O)CN1CCN(CC(=O)OCC)Cc2cccc(n2)CN(CC(=O)OCC)CC1. The second kappa shape index (κ2) is 14.6. The minimum Gasteiger partial charge on any atom is -0.465 e. The highest BCUT2D eigenvalue weighted by Gasteiger charge is 2.21. The minimum absolute atomic E-state index is 0.137. The number of aromatic nitrogens is 1. The molecule has 0 saturated heterocycles. The monoisotopic (exact) mass is 464 g/mol. The summed E-state index contributed by atoms with van der Waals surface area (Å²) < 4.78 is 15.4. The standard InChI is InChI=1S/C23H36N4O6/c1-4-31-21(28)16-25-10-12-26(17-22(29)32-5-2)14-19-8-7-9-20(24-19)15-27(13-11-25)18-23(30)33-6-3/h7-9H,4-6,10-18H2,1-3H3. The highest BCUT2D eigenvalue weighted by molar-refractivity contribution is 5.72. The van der Waals surface area contributed by atoms with Gasteiger partial charge >= 0.3 is 17.9 Å². The molecule has 0 atom stereocenters. The molecule has 184 valence electrons. The maximum Gasteiger partial charge on any atom is 0.320 e. The zero-order valence-corrected chi connectivity index (χ0v) is 20.0. The summed E-state index contributed by atoms with van der Waals surface area (Å²) in [5, 5.41) is 0. The van der Waals surface area contributed by atoms with Gasteiger partial charge in [-0.05, 0) is 32.9 Å². The van der Waals surface area contributed by atoms with E-state index >= 15 is 0 Å². The summed E-state index contributed by atoms with van der Waals surface area (Å²) in [7, 11) is 0. The molecule has 10 heteroatoms. The number of rotatable bonds is 9. The van der Waals surface area contributed by atoms with Crippen LogP contribution in [0.3, 0.4) is 0 Å². The maximum atomic E-state index is 12.2. The van der Waals surface area contributed by atoms with Crippen LogP contribution in [0.2, 0.25) is 0 Å². The number of nitrogens with zero attached hydrogens (tertiary/aromatic N) is 4. The van der Waals surface area contributed by atoms with Crippen molar-refractivity contribution in [3.05, 3.63) is 29.6 Å². The molecule has 0 spiro atoms. The van der Waals surface area contributed by atoms with Gasteiger partial charge in [-0.25, -0.2) is 0 Å². The molecule has 0 amide bonds. The Labute approximate surface area is 195 Å². The Morgan fingerprint density at radius 1 is 0.697 bits per heavy atom. The van der Waals surface area contributed by atoms with E-state index in [1.165, 1.54) is 0 Å². The van der Waals surface area contributed by atoms with Gasteiger partial charge in [0.05, 0.1) is 50.8 Å². The van der Waals surface area contributed by atoms with Crippen molar-refractivity contribution in [3.8, 4) is 0 Å². The van der Waals surface area contributed by atoms with Crippen molar-refractivity contribution in [1.82, 2.24) is 19.7 Å². The van der Waals surface area contributed by atoms with Gasteiger partial charge in [-0.15, -0.1) is 0 Å². The lowest BCUT2D eigenvalue weighted by molar-refractivity contribution is -0.146. The molecule has 1 aromatic rings. The number of pyridine rings is 1. The first-order valence-corrected chi connectivity index (χ1v) is 11.5. The van der Waals surface area contributed by atoms with Gasteiger partial charge in [0.2, 0.25) is 0 Å². The summed E-state index contributed by atoms with van der Waals surface area (Å²) in [6, 6.07) is 5.76. The van der Waals surface area contributed by atoms with E-state index in [4.69, 9.17) is 19.2 Å². The van der Waals surface area contributed by atoms with Crippen molar-refractivity contribution in [2.24, 2.45) is 0 Å². The van der Waals surface area contributed by atoms with Crippen molar-refractivity contribution < 1.29 is 28.6 Å². The predicted octanol–water partition coefficient (Wildman–Crippen LogP) is 0.691. The minimum atomic E-state index is -0.301. The quantitative estimate of drug-likeness (QED) is 0.383. The number of fused-ring (bicyclic) bond motifs is 2. The van der Waals surface area contributed by atoms with E-state index < -0.39 is 0 Å². The van der Waals surface area contributed by atoms with Crippen LogP contribution in [0.15, 0.2) is 18.2 Å². The van der Waals surface area contributed by atoms with Gasteiger partial charge in [-0.2, -0.15) is 0 Å². The zero-order chi connectivity index (χ0) is 24.1. The fraction of sp³-hybridized carbons (Fsp3) is 0.652. The average Bonchev–Trinajstić information content (AvgIpc) is 2.75. The third kappa shape index (κ3) is 10.3. The fourth-order valence-corrected chi connectivity index (χ4v) is 3.59. The van der Waals surface area contributed by atoms with Gasteiger partial charge in [-0.1, -0.05) is 6.07 Å². The van der Waals surface area contributed by atoms with Crippen LogP contribution in [0, 0.1) is 0 Å². The van der Waals surface area contributed by atoms with Crippen molar-refractivity contribution in [2.75, 3.05) is 65.6 Å². The van der Waals surface area contributed by atoms with Crippen LogP contribution >= 0.6 is 0 Å². The summed E-state index contributed by atoms with van der Waals surface area (Å²) in [6.07, 6.45) is 0. The Kier molecular flexibility index (Phi) is 11.8. The molecule has 2 bridgehead atoms. The van der Waals surface area contributed by atoms with Gasteiger partial charge < -0.3 is 14.2 Å². The van der Waals surface area contributed by atoms with Crippen LogP contribution < -0.4 is 0 Å². The number of hydrogen-bond acceptors (Lipinski definition) is 10. The third-order valence-corrected chi connectivity index (χ3v) is 5.07. The Bertz CT molecular complexity index is 726. The van der Waals surface area contributed by atoms with Crippen molar-refractivity contribution in [3.63, 3.8) is 0 Å². The van der Waals surface area contributed by atoms with Crippen LogP contribution in [0.4, 0.5) is 0 Å². The van der Waals surface area contributed by atoms with Crippen LogP contribution in [-0.4, -0.2) is 103 Å². The van der Waals surface area contributed by atoms with Crippen LogP contribution in [0.1, 0.15) is 32.2 Å². The molecule has 10 nitrogen and oxygen atoms in total. The summed E-state index contributed by atoms with van der Waals surface area (Å²) in [5.74, 6) is -0.887. The molecule has 1 aliphatic rings. The second-order valence-corrected chi connectivity index (χ2v) is 7.73. The van der Waals surface area contributed by atoms with E-state index in [0.29, 0.717) is 59.1 Å². The van der Waals surface area contributed by atoms with Crippen LogP contribution in [0.25, 0.3) is 0 Å². The Balaban J connectivity index is 2.23. The molecule has 0 aliphatic carbocycles. The number of carbonyl (C=O) groups is 3. The summed E-state index contributed by atoms with van der Waals surface area (Å²) >= 11 is 0. The molecule has 2 rings (SSSR count). The van der Waals surface area contributed by atoms with E-state index in [1.807, 2.05) is 32.9 Å². The van der Waals surface area contributed by atoms with Crippen molar-refractivity contribution in [2.45, 2.75) is 33.9 Å². The van der Waals surface area contributed by atoms with Gasteiger partial charge in [0.15, 0.2) is 0 Å². The van der Waals surface area contributed by atoms with Gasteiger partial charge in [0, 0.05) is 39.3 Å². The lowest BCUT2D eigenvalue weighted by Gasteiger charge is -2.30. The molecule has 2 heterocycles. The molecular weight excluding hydrogens is 428 g/mol. The first kappa shape index (κ1) is 26.7. The molecule has 1 aromatic heterocycles. The molecular formula is C23H36N4O6. The van der Waals surface area contributed by atoms with Gasteiger partial charge in [-0.3, -0.25) is 34.1 Å². The molecule has 0 aromatic carbocycles. The normalized spacial score (nSPS) is 16.3. The van der Waals surface area contributed by atoms with Gasteiger partial charge in [0.25, 0.3) is 0 Å². The van der Waals surface area contributed by atoms with E-state index in [0.717, 1.165) is 11.4 Å². The van der Waals surface area contributed by atoms with Gasteiger partial charge in [0.1, 0.15) is 0 Å². The Morgan fingerprint density at radius 2 is 1.06 bits per heavy atom. The van der Waals surface area contributed by atoms with Crippen molar-refractivity contribution in [1.29, 1.82) is 0 Å². The highest BCUT2D eigenvalue weighted by Crippen LogP contribution is 2.10. The first-order valence-electron chi connectivity index (χ1n) is 11.5. The summed E-state index contributed by atoms with van der Waals surface area (Å²) in [6.45, 7) is 9.84. The van der Waals surface area contributed by atoms with E-state index in [-0.39, 0.29) is 37.5 Å². The van der Waals surface area contributed by atoms with E-state index in [1.54, 1.807) is 20.8 Å². The molecule has 0 fully saturated rings. The lowest BCUT2D eigenvalue weighted by atomic mass is 10.2. The summed E-state index contributed by atoms with van der Waals surface area (Å²) in [5.41, 5.74) is 1.65. The zero-order valence-electron chi connectivity index (χ0n) is 20.0. The molecule has 0 unspecified atom stereocenters. The number of carbonyl (C=O) groups excluding carboxylic acids is 3. The van der Waals surface area contributed by atoms with Crippen LogP contribution in [0.5, 0.6) is 0 Å². The number of esters is 3. The summed E-state index contributed by atoms with van der Waals surface area (Å²) in [4.78, 5) is 47.1. The third-order valence-electron chi connectivity index (χ3n) is 5.07. The largest absolute Gasteiger partial charge is 0.465 e. The lowest BCUT2D eigenvalue weighted by Crippen LogP contribution is -2.44. The molecule has 1 aliphatic heterocycles. The van der Waals surface area contributed by atoms with E-state index in [9.17, 15) is 14.4 Å². The fourth-order valence-electron chi connectivity index (χ4n) is 3.59. The molecule has 0 N–H and O–H groups in total. The highest BCUT2D eigenvalue weighted by atomic mass is 16.5. The molecule has 0 saturated carbocycles. The average molecular weight is 465 g/mol. The number of hydrogen-bond donors (Lipinski definition) is 0. The first-order chi connectivity index (χ1) is 15.9.